The highest BCUT2D eigenvalue weighted by molar-refractivity contribution is 6.31. The number of rotatable bonds is 3. The van der Waals surface area contributed by atoms with E-state index in [0.29, 0.717) is 27.5 Å². The zero-order chi connectivity index (χ0) is 18.1. The molecule has 0 fully saturated rings. The lowest BCUT2D eigenvalue weighted by Crippen LogP contribution is -2.12. The summed E-state index contributed by atoms with van der Waals surface area (Å²) in [7, 11) is 0. The lowest BCUT2D eigenvalue weighted by Gasteiger charge is -2.05. The summed E-state index contributed by atoms with van der Waals surface area (Å²) in [6.45, 7) is 0. The summed E-state index contributed by atoms with van der Waals surface area (Å²) in [5, 5.41) is 11.0. The van der Waals surface area contributed by atoms with Crippen molar-refractivity contribution in [3.63, 3.8) is 0 Å². The molecule has 4 rings (SSSR count). The molecule has 0 aliphatic heterocycles. The number of nitrogens with one attached hydrogen (secondary N) is 2. The molecule has 4 aromatic rings. The molecular formula is C20H13ClFN3O. The number of benzene rings is 3. The highest BCUT2D eigenvalue weighted by Crippen LogP contribution is 2.28. The summed E-state index contributed by atoms with van der Waals surface area (Å²) in [6.07, 6.45) is 0. The minimum absolute atomic E-state index is 0.291. The summed E-state index contributed by atoms with van der Waals surface area (Å²) in [5.41, 5.74) is 2.38. The van der Waals surface area contributed by atoms with E-state index < -0.39 is 0 Å². The second-order valence-electron chi connectivity index (χ2n) is 5.78. The molecule has 128 valence electrons. The number of carbonyl (C=O) groups is 1. The van der Waals surface area contributed by atoms with Crippen molar-refractivity contribution < 1.29 is 9.18 Å². The molecule has 0 saturated heterocycles. The Balaban J connectivity index is 1.66. The molecule has 1 heterocycles. The maximum absolute atomic E-state index is 14.0. The molecule has 4 nitrogen and oxygen atoms in total. The number of nitrogens with zero attached hydrogens (tertiary/aromatic N) is 1. The molecule has 3 aromatic carbocycles. The van der Waals surface area contributed by atoms with Crippen LogP contribution in [0.3, 0.4) is 0 Å². The first kappa shape index (κ1) is 16.3. The van der Waals surface area contributed by atoms with Gasteiger partial charge in [0.2, 0.25) is 0 Å². The summed E-state index contributed by atoms with van der Waals surface area (Å²) < 4.78 is 14.0. The van der Waals surface area contributed by atoms with Gasteiger partial charge in [0, 0.05) is 21.5 Å². The van der Waals surface area contributed by atoms with Crippen LogP contribution in [0, 0.1) is 5.82 Å². The number of anilines is 1. The van der Waals surface area contributed by atoms with Gasteiger partial charge in [-0.25, -0.2) is 4.39 Å². The van der Waals surface area contributed by atoms with Crippen molar-refractivity contribution in [2.24, 2.45) is 0 Å². The zero-order valence-corrected chi connectivity index (χ0v) is 14.2. The van der Waals surface area contributed by atoms with Gasteiger partial charge in [0.1, 0.15) is 5.82 Å². The van der Waals surface area contributed by atoms with E-state index in [1.54, 1.807) is 60.7 Å². The van der Waals surface area contributed by atoms with Crippen molar-refractivity contribution in [1.29, 1.82) is 0 Å². The van der Waals surface area contributed by atoms with Crippen LogP contribution in [0.1, 0.15) is 10.4 Å². The van der Waals surface area contributed by atoms with E-state index in [9.17, 15) is 9.18 Å². The molecule has 1 aromatic heterocycles. The van der Waals surface area contributed by atoms with Gasteiger partial charge in [0.05, 0.1) is 5.52 Å². The van der Waals surface area contributed by atoms with Crippen LogP contribution in [0.15, 0.2) is 66.7 Å². The van der Waals surface area contributed by atoms with Gasteiger partial charge in [-0.05, 0) is 42.0 Å². The van der Waals surface area contributed by atoms with Crippen LogP contribution in [0.2, 0.25) is 5.02 Å². The molecule has 0 radical (unpaired) electrons. The van der Waals surface area contributed by atoms with Crippen molar-refractivity contribution in [3.05, 3.63) is 83.1 Å². The highest BCUT2D eigenvalue weighted by atomic mass is 35.5. The first-order chi connectivity index (χ1) is 12.6. The minimum Gasteiger partial charge on any atom is -0.305 e. The summed E-state index contributed by atoms with van der Waals surface area (Å²) >= 11 is 5.92. The van der Waals surface area contributed by atoms with Crippen molar-refractivity contribution >= 4 is 34.2 Å². The summed E-state index contributed by atoms with van der Waals surface area (Å²) in [6, 6.07) is 18.6. The highest BCUT2D eigenvalue weighted by Gasteiger charge is 2.13. The number of H-pyrrole nitrogens is 1. The maximum atomic E-state index is 14.0. The van der Waals surface area contributed by atoms with E-state index in [1.165, 1.54) is 6.07 Å². The number of carbonyl (C=O) groups excluding carboxylic acids is 1. The maximum Gasteiger partial charge on any atom is 0.256 e. The van der Waals surface area contributed by atoms with E-state index in [-0.39, 0.29) is 11.7 Å². The number of fused-ring (bicyclic) bond motifs is 1. The second kappa shape index (κ2) is 6.61. The Morgan fingerprint density at radius 1 is 1.04 bits per heavy atom. The van der Waals surface area contributed by atoms with E-state index in [1.807, 2.05) is 0 Å². The van der Waals surface area contributed by atoms with E-state index in [0.717, 1.165) is 10.9 Å². The van der Waals surface area contributed by atoms with Crippen LogP contribution in [-0.2, 0) is 0 Å². The normalized spacial score (nSPS) is 10.8. The Morgan fingerprint density at radius 3 is 2.69 bits per heavy atom. The molecule has 1 amide bonds. The van der Waals surface area contributed by atoms with Gasteiger partial charge in [-0.1, -0.05) is 41.9 Å². The molecule has 26 heavy (non-hydrogen) atoms. The van der Waals surface area contributed by atoms with Gasteiger partial charge < -0.3 is 5.32 Å². The number of amides is 1. The van der Waals surface area contributed by atoms with Gasteiger partial charge in [-0.3, -0.25) is 9.89 Å². The fraction of sp³-hybridized carbons (Fsp3) is 0. The molecule has 0 aliphatic carbocycles. The first-order valence-corrected chi connectivity index (χ1v) is 8.29. The Bertz CT molecular complexity index is 1120. The Morgan fingerprint density at radius 2 is 1.88 bits per heavy atom. The zero-order valence-electron chi connectivity index (χ0n) is 13.5. The second-order valence-corrected chi connectivity index (χ2v) is 6.21. The molecule has 0 unspecified atom stereocenters. The number of hydrogen-bond donors (Lipinski definition) is 2. The van der Waals surface area contributed by atoms with Gasteiger partial charge in [-0.2, -0.15) is 5.10 Å². The molecular weight excluding hydrogens is 353 g/mol. The topological polar surface area (TPSA) is 57.8 Å². The van der Waals surface area contributed by atoms with Gasteiger partial charge in [-0.15, -0.1) is 0 Å². The largest absolute Gasteiger partial charge is 0.305 e. The van der Waals surface area contributed by atoms with Crippen LogP contribution in [-0.4, -0.2) is 16.1 Å². The predicted molar refractivity (Wildman–Crippen MR) is 101 cm³/mol. The summed E-state index contributed by atoms with van der Waals surface area (Å²) in [4.78, 5) is 12.4. The van der Waals surface area contributed by atoms with Crippen LogP contribution in [0.25, 0.3) is 22.0 Å². The van der Waals surface area contributed by atoms with Crippen LogP contribution >= 0.6 is 11.6 Å². The lowest BCUT2D eigenvalue weighted by molar-refractivity contribution is 0.102. The number of aromatic amines is 1. The molecule has 0 bridgehead atoms. The van der Waals surface area contributed by atoms with Crippen molar-refractivity contribution in [1.82, 2.24) is 10.2 Å². The molecule has 0 saturated carbocycles. The van der Waals surface area contributed by atoms with Crippen LogP contribution in [0.4, 0.5) is 10.2 Å². The average molecular weight is 366 g/mol. The van der Waals surface area contributed by atoms with Gasteiger partial charge in [0.15, 0.2) is 5.82 Å². The standard InChI is InChI=1S/C20H13ClFN3O/c21-14-5-3-4-13(10-14)20(26)23-19-16-9-8-12(11-18(16)24-25-19)15-6-1-2-7-17(15)22/h1-11H,(H2,23,24,25,26). The van der Waals surface area contributed by atoms with Gasteiger partial charge >= 0.3 is 0 Å². The van der Waals surface area contributed by atoms with Crippen molar-refractivity contribution in [2.45, 2.75) is 0 Å². The average Bonchev–Trinajstić information content (AvgIpc) is 3.04. The van der Waals surface area contributed by atoms with Crippen molar-refractivity contribution in [3.8, 4) is 11.1 Å². The Labute approximate surface area is 153 Å². The quantitative estimate of drug-likeness (QED) is 0.519. The SMILES string of the molecule is O=C(Nc1n[nH]c2cc(-c3ccccc3F)ccc12)c1cccc(Cl)c1. The predicted octanol–water partition coefficient (Wildman–Crippen LogP) is 5.27. The number of hydrogen-bond acceptors (Lipinski definition) is 2. The third-order valence-electron chi connectivity index (χ3n) is 4.07. The molecule has 6 heteroatoms. The number of halogens is 2. The van der Waals surface area contributed by atoms with E-state index in [2.05, 4.69) is 15.5 Å². The lowest BCUT2D eigenvalue weighted by atomic mass is 10.0. The minimum atomic E-state index is -0.306. The molecule has 0 aliphatic rings. The molecule has 2 N–H and O–H groups in total. The number of aromatic nitrogens is 2. The summed E-state index contributed by atoms with van der Waals surface area (Å²) in [5.74, 6) is -0.190. The molecule has 0 spiro atoms. The monoisotopic (exact) mass is 365 g/mol. The van der Waals surface area contributed by atoms with Crippen LogP contribution < -0.4 is 5.32 Å². The smallest absolute Gasteiger partial charge is 0.256 e. The fourth-order valence-electron chi connectivity index (χ4n) is 2.79. The Hall–Kier alpha value is -3.18. The fourth-order valence-corrected chi connectivity index (χ4v) is 2.98. The van der Waals surface area contributed by atoms with Gasteiger partial charge in [0.25, 0.3) is 5.91 Å². The van der Waals surface area contributed by atoms with E-state index in [4.69, 9.17) is 11.6 Å². The Kier molecular flexibility index (Phi) is 4.14. The van der Waals surface area contributed by atoms with E-state index >= 15 is 0 Å². The molecule has 0 atom stereocenters. The third kappa shape index (κ3) is 3.05. The van der Waals surface area contributed by atoms with Crippen LogP contribution in [0.5, 0.6) is 0 Å². The van der Waals surface area contributed by atoms with Crippen molar-refractivity contribution in [2.75, 3.05) is 5.32 Å². The first-order valence-electron chi connectivity index (χ1n) is 7.92. The third-order valence-corrected chi connectivity index (χ3v) is 4.30.